The number of carbonyl (C=O) groups is 3. The van der Waals surface area contributed by atoms with Gasteiger partial charge in [-0.05, 0) is 60.9 Å². The summed E-state index contributed by atoms with van der Waals surface area (Å²) in [7, 11) is 0. The standard InChI is InChI=1S/C27H26N2O5/c1-18-8-10-22(12-19(18)2)33-16-24(30)21-9-11-25-23(13-21)29(27(32)17-34-25)15-26(31)28-14-20-6-4-3-5-7-20/h3-13H,14-17H2,1-2H3,(H,28,31). The first-order chi connectivity index (χ1) is 16.4. The van der Waals surface area contributed by atoms with E-state index < -0.39 is 0 Å². The van der Waals surface area contributed by atoms with Crippen LogP contribution in [0.1, 0.15) is 27.0 Å². The van der Waals surface area contributed by atoms with Crippen molar-refractivity contribution < 1.29 is 23.9 Å². The summed E-state index contributed by atoms with van der Waals surface area (Å²) in [6.07, 6.45) is 0. The summed E-state index contributed by atoms with van der Waals surface area (Å²) in [5, 5.41) is 2.82. The molecule has 1 aliphatic heterocycles. The maximum absolute atomic E-state index is 12.8. The molecule has 0 fully saturated rings. The SMILES string of the molecule is Cc1ccc(OCC(=O)c2ccc3c(c2)N(CC(=O)NCc2ccccc2)C(=O)CO3)cc1C. The van der Waals surface area contributed by atoms with Crippen molar-refractivity contribution in [3.63, 3.8) is 0 Å². The molecule has 1 aliphatic rings. The fourth-order valence-electron chi connectivity index (χ4n) is 3.58. The summed E-state index contributed by atoms with van der Waals surface area (Å²) in [5.74, 6) is 0.164. The molecule has 1 heterocycles. The Morgan fingerprint density at radius 3 is 2.56 bits per heavy atom. The number of aryl methyl sites for hydroxylation is 2. The highest BCUT2D eigenvalue weighted by Gasteiger charge is 2.28. The monoisotopic (exact) mass is 458 g/mol. The third-order valence-electron chi connectivity index (χ3n) is 5.71. The minimum atomic E-state index is -0.349. The van der Waals surface area contributed by atoms with Crippen LogP contribution in [0.5, 0.6) is 11.5 Å². The molecule has 0 aliphatic carbocycles. The topological polar surface area (TPSA) is 84.9 Å². The van der Waals surface area contributed by atoms with Gasteiger partial charge in [0, 0.05) is 12.1 Å². The van der Waals surface area contributed by atoms with Gasteiger partial charge in [-0.25, -0.2) is 0 Å². The second-order valence-electron chi connectivity index (χ2n) is 8.17. The van der Waals surface area contributed by atoms with E-state index in [0.717, 1.165) is 16.7 Å². The molecule has 7 nitrogen and oxygen atoms in total. The van der Waals surface area contributed by atoms with Crippen LogP contribution in [0.25, 0.3) is 0 Å². The molecule has 174 valence electrons. The quantitative estimate of drug-likeness (QED) is 0.522. The van der Waals surface area contributed by atoms with Gasteiger partial charge in [0.15, 0.2) is 19.0 Å². The number of anilines is 1. The number of ether oxygens (including phenoxy) is 2. The van der Waals surface area contributed by atoms with Crippen LogP contribution in [0.15, 0.2) is 66.7 Å². The summed E-state index contributed by atoms with van der Waals surface area (Å²) in [6.45, 7) is 3.87. The number of hydrogen-bond donors (Lipinski definition) is 1. The van der Waals surface area contributed by atoms with Crippen LogP contribution in [0.3, 0.4) is 0 Å². The number of carbonyl (C=O) groups excluding carboxylic acids is 3. The van der Waals surface area contributed by atoms with E-state index in [9.17, 15) is 14.4 Å². The minimum absolute atomic E-state index is 0.145. The molecule has 0 saturated heterocycles. The largest absolute Gasteiger partial charge is 0.485 e. The highest BCUT2D eigenvalue weighted by molar-refractivity contribution is 6.04. The molecule has 1 N–H and O–H groups in total. The molecule has 3 aromatic rings. The molecular formula is C27H26N2O5. The summed E-state index contributed by atoms with van der Waals surface area (Å²) in [6, 6.07) is 20.0. The van der Waals surface area contributed by atoms with Crippen LogP contribution in [-0.4, -0.2) is 37.4 Å². The molecule has 34 heavy (non-hydrogen) atoms. The van der Waals surface area contributed by atoms with E-state index in [2.05, 4.69) is 5.32 Å². The summed E-state index contributed by atoms with van der Waals surface area (Å²) < 4.78 is 11.2. The third-order valence-corrected chi connectivity index (χ3v) is 5.71. The van der Waals surface area contributed by atoms with Gasteiger partial charge in [-0.3, -0.25) is 19.3 Å². The molecule has 4 rings (SSSR count). The number of benzene rings is 3. The molecule has 0 saturated carbocycles. The number of amides is 2. The maximum atomic E-state index is 12.8. The lowest BCUT2D eigenvalue weighted by Gasteiger charge is -2.29. The van der Waals surface area contributed by atoms with Crippen molar-refractivity contribution in [3.05, 3.63) is 89.0 Å². The van der Waals surface area contributed by atoms with Gasteiger partial charge in [-0.2, -0.15) is 0 Å². The summed E-state index contributed by atoms with van der Waals surface area (Å²) >= 11 is 0. The Kier molecular flexibility index (Phi) is 6.92. The Hall–Kier alpha value is -4.13. The maximum Gasteiger partial charge on any atom is 0.265 e. The van der Waals surface area contributed by atoms with Crippen molar-refractivity contribution in [1.29, 1.82) is 0 Å². The highest BCUT2D eigenvalue weighted by atomic mass is 16.5. The van der Waals surface area contributed by atoms with Crippen molar-refractivity contribution >= 4 is 23.3 Å². The molecule has 0 atom stereocenters. The van der Waals surface area contributed by atoms with Crippen LogP contribution in [0.4, 0.5) is 5.69 Å². The van der Waals surface area contributed by atoms with E-state index in [1.54, 1.807) is 18.2 Å². The number of nitrogens with zero attached hydrogens (tertiary/aromatic N) is 1. The summed E-state index contributed by atoms with van der Waals surface area (Å²) in [4.78, 5) is 39.2. The van der Waals surface area contributed by atoms with Crippen LogP contribution >= 0.6 is 0 Å². The van der Waals surface area contributed by atoms with Gasteiger partial charge in [-0.1, -0.05) is 36.4 Å². The first-order valence-corrected chi connectivity index (χ1v) is 11.0. The lowest BCUT2D eigenvalue weighted by molar-refractivity contribution is -0.125. The second kappa shape index (κ2) is 10.2. The molecule has 0 radical (unpaired) electrons. The van der Waals surface area contributed by atoms with E-state index in [4.69, 9.17) is 9.47 Å². The summed E-state index contributed by atoms with van der Waals surface area (Å²) in [5.41, 5.74) is 3.95. The molecule has 3 aromatic carbocycles. The molecule has 0 unspecified atom stereocenters. The van der Waals surface area contributed by atoms with E-state index in [1.165, 1.54) is 4.90 Å². The van der Waals surface area contributed by atoms with Gasteiger partial charge < -0.3 is 14.8 Å². The number of ketones is 1. The minimum Gasteiger partial charge on any atom is -0.485 e. The average Bonchev–Trinajstić information content (AvgIpc) is 2.85. The number of Topliss-reactive ketones (excluding diaryl/α,β-unsaturated/α-hetero) is 1. The van der Waals surface area contributed by atoms with Gasteiger partial charge in [0.25, 0.3) is 5.91 Å². The second-order valence-corrected chi connectivity index (χ2v) is 8.17. The van der Waals surface area contributed by atoms with Gasteiger partial charge in [0.05, 0.1) is 5.69 Å². The first-order valence-electron chi connectivity index (χ1n) is 11.0. The number of nitrogens with one attached hydrogen (secondary N) is 1. The molecule has 0 spiro atoms. The predicted molar refractivity (Wildman–Crippen MR) is 128 cm³/mol. The van der Waals surface area contributed by atoms with E-state index in [0.29, 0.717) is 29.3 Å². The fourth-order valence-corrected chi connectivity index (χ4v) is 3.58. The first kappa shape index (κ1) is 23.0. The average molecular weight is 459 g/mol. The number of hydrogen-bond acceptors (Lipinski definition) is 5. The Bertz CT molecular complexity index is 1220. The van der Waals surface area contributed by atoms with Crippen molar-refractivity contribution in [2.24, 2.45) is 0 Å². The van der Waals surface area contributed by atoms with Crippen molar-refractivity contribution in [2.75, 3.05) is 24.7 Å². The molecular weight excluding hydrogens is 432 g/mol. The molecule has 0 bridgehead atoms. The van der Waals surface area contributed by atoms with Crippen LogP contribution in [0, 0.1) is 13.8 Å². The lowest BCUT2D eigenvalue weighted by Crippen LogP contribution is -2.45. The molecule has 2 amide bonds. The van der Waals surface area contributed by atoms with Crippen molar-refractivity contribution in [1.82, 2.24) is 5.32 Å². The predicted octanol–water partition coefficient (Wildman–Crippen LogP) is 3.61. The zero-order valence-electron chi connectivity index (χ0n) is 19.2. The van der Waals surface area contributed by atoms with Gasteiger partial charge in [0.1, 0.15) is 18.0 Å². The zero-order valence-corrected chi connectivity index (χ0v) is 19.2. The van der Waals surface area contributed by atoms with Gasteiger partial charge >= 0.3 is 0 Å². The van der Waals surface area contributed by atoms with E-state index in [-0.39, 0.29) is 37.4 Å². The Morgan fingerprint density at radius 2 is 1.79 bits per heavy atom. The van der Waals surface area contributed by atoms with E-state index in [1.807, 2.05) is 62.4 Å². The zero-order chi connectivity index (χ0) is 24.1. The third kappa shape index (κ3) is 5.43. The van der Waals surface area contributed by atoms with Crippen LogP contribution in [0.2, 0.25) is 0 Å². The number of fused-ring (bicyclic) bond motifs is 1. The van der Waals surface area contributed by atoms with Crippen LogP contribution < -0.4 is 19.7 Å². The smallest absolute Gasteiger partial charge is 0.265 e. The lowest BCUT2D eigenvalue weighted by atomic mass is 10.1. The Balaban J connectivity index is 1.44. The normalized spacial score (nSPS) is 12.5. The Labute approximate surface area is 198 Å². The highest BCUT2D eigenvalue weighted by Crippen LogP contribution is 2.33. The van der Waals surface area contributed by atoms with Crippen LogP contribution in [-0.2, 0) is 16.1 Å². The number of rotatable bonds is 8. The molecule has 0 aromatic heterocycles. The molecule has 7 heteroatoms. The van der Waals surface area contributed by atoms with Crippen molar-refractivity contribution in [2.45, 2.75) is 20.4 Å². The fraction of sp³-hybridized carbons (Fsp3) is 0.222. The van der Waals surface area contributed by atoms with Crippen molar-refractivity contribution in [3.8, 4) is 11.5 Å². The van der Waals surface area contributed by atoms with E-state index >= 15 is 0 Å². The van der Waals surface area contributed by atoms with Gasteiger partial charge in [-0.15, -0.1) is 0 Å². The Morgan fingerprint density at radius 1 is 1.00 bits per heavy atom. The van der Waals surface area contributed by atoms with Gasteiger partial charge in [0.2, 0.25) is 5.91 Å².